The van der Waals surface area contributed by atoms with Gasteiger partial charge in [-0.3, -0.25) is 9.10 Å². The molecule has 0 fully saturated rings. The Hall–Kier alpha value is -1.99. The summed E-state index contributed by atoms with van der Waals surface area (Å²) in [4.78, 5) is 12.8. The van der Waals surface area contributed by atoms with Crippen LogP contribution in [0.4, 0.5) is 11.4 Å². The van der Waals surface area contributed by atoms with E-state index < -0.39 is 10.0 Å². The van der Waals surface area contributed by atoms with E-state index in [9.17, 15) is 13.2 Å². The number of hydrogen-bond donors (Lipinski definition) is 1. The lowest BCUT2D eigenvalue weighted by atomic mass is 10.0. The Labute approximate surface area is 157 Å². The number of anilines is 2. The van der Waals surface area contributed by atoms with E-state index in [1.165, 1.54) is 0 Å². The highest BCUT2D eigenvalue weighted by atomic mass is 32.2. The van der Waals surface area contributed by atoms with Crippen LogP contribution in [0.5, 0.6) is 0 Å². The number of nitrogens with zero attached hydrogens (tertiary/aromatic N) is 1. The lowest BCUT2D eigenvalue weighted by molar-refractivity contribution is -0.116. The van der Waals surface area contributed by atoms with Gasteiger partial charge in [-0.1, -0.05) is 19.1 Å². The number of nitrogens with one attached hydrogen (secondary N) is 1. The Morgan fingerprint density at radius 3 is 2.69 bits per heavy atom. The number of aryl methyl sites for hydroxylation is 1. The molecular weight excluding hydrogens is 368 g/mol. The third-order valence-corrected chi connectivity index (χ3v) is 8.26. The quantitative estimate of drug-likeness (QED) is 0.853. The predicted molar refractivity (Wildman–Crippen MR) is 104 cm³/mol. The molecule has 0 unspecified atom stereocenters. The average molecular weight is 389 g/mol. The third-order valence-electron chi connectivity index (χ3n) is 4.99. The molecule has 2 aromatic rings. The van der Waals surface area contributed by atoms with Crippen LogP contribution in [0.3, 0.4) is 0 Å². The van der Waals surface area contributed by atoms with Crippen LogP contribution in [0.15, 0.2) is 52.3 Å². The summed E-state index contributed by atoms with van der Waals surface area (Å²) in [5.41, 5.74) is 2.30. The van der Waals surface area contributed by atoms with Crippen LogP contribution in [-0.4, -0.2) is 25.6 Å². The first kappa shape index (κ1) is 17.4. The Morgan fingerprint density at radius 2 is 1.88 bits per heavy atom. The van der Waals surface area contributed by atoms with Crippen LogP contribution in [0.2, 0.25) is 0 Å². The van der Waals surface area contributed by atoms with Crippen LogP contribution in [-0.2, 0) is 21.2 Å². The van der Waals surface area contributed by atoms with Gasteiger partial charge in [-0.2, -0.15) is 0 Å². The fourth-order valence-electron chi connectivity index (χ4n) is 3.43. The monoisotopic (exact) mass is 388 g/mol. The van der Waals surface area contributed by atoms with Gasteiger partial charge in [-0.15, -0.1) is 11.8 Å². The highest BCUT2D eigenvalue weighted by Crippen LogP contribution is 2.44. The minimum Gasteiger partial charge on any atom is -0.326 e. The summed E-state index contributed by atoms with van der Waals surface area (Å²) >= 11 is 1.70. The van der Waals surface area contributed by atoms with Gasteiger partial charge in [-0.25, -0.2) is 8.42 Å². The maximum atomic E-state index is 13.5. The Bertz CT molecular complexity index is 988. The molecule has 2 heterocycles. The molecule has 0 spiro atoms. The number of amides is 1. The van der Waals surface area contributed by atoms with Crippen molar-refractivity contribution >= 4 is 39.1 Å². The van der Waals surface area contributed by atoms with Gasteiger partial charge in [0.15, 0.2) is 0 Å². The second-order valence-electron chi connectivity index (χ2n) is 6.70. The number of rotatable bonds is 2. The number of thioether (sulfide) groups is 1. The average Bonchev–Trinajstić information content (AvgIpc) is 2.62. The molecule has 2 aliphatic rings. The summed E-state index contributed by atoms with van der Waals surface area (Å²) in [6, 6.07) is 12.4. The summed E-state index contributed by atoms with van der Waals surface area (Å²) in [6.07, 6.45) is 0.941. The topological polar surface area (TPSA) is 66.5 Å². The molecule has 0 radical (unpaired) electrons. The maximum Gasteiger partial charge on any atom is 0.264 e. The molecule has 136 valence electrons. The summed E-state index contributed by atoms with van der Waals surface area (Å²) < 4.78 is 28.5. The number of para-hydroxylation sites is 1. The SMILES string of the molecule is C[C@@H]1Sc2ccccc2N(S(=O)(=O)c2ccc3c(c2)CCC(=O)N3)[C@@H]1C. The Balaban J connectivity index is 1.81. The van der Waals surface area contributed by atoms with Crippen molar-refractivity contribution in [2.75, 3.05) is 9.62 Å². The first-order chi connectivity index (χ1) is 12.4. The zero-order chi connectivity index (χ0) is 18.5. The molecule has 2 aliphatic heterocycles. The number of carbonyl (C=O) groups excluding carboxylic acids is 1. The van der Waals surface area contributed by atoms with E-state index in [0.29, 0.717) is 18.5 Å². The molecule has 4 rings (SSSR count). The van der Waals surface area contributed by atoms with Gasteiger partial charge in [0.2, 0.25) is 5.91 Å². The maximum absolute atomic E-state index is 13.5. The van der Waals surface area contributed by atoms with Crippen LogP contribution in [0, 0.1) is 0 Å². The van der Waals surface area contributed by atoms with Crippen LogP contribution >= 0.6 is 11.8 Å². The summed E-state index contributed by atoms with van der Waals surface area (Å²) in [7, 11) is -3.70. The summed E-state index contributed by atoms with van der Waals surface area (Å²) in [5, 5.41) is 2.95. The highest BCUT2D eigenvalue weighted by Gasteiger charge is 2.38. The number of sulfonamides is 1. The number of fused-ring (bicyclic) bond motifs is 2. The van der Waals surface area contributed by atoms with E-state index in [1.54, 1.807) is 34.3 Å². The molecule has 5 nitrogen and oxygen atoms in total. The standard InChI is InChI=1S/C19H20N2O3S2/c1-12-13(2)25-18-6-4-3-5-17(18)21(12)26(23,24)15-8-9-16-14(11-15)7-10-19(22)20-16/h3-6,8-9,11-13H,7,10H2,1-2H3,(H,20,22)/t12-,13+/m1/s1. The van der Waals surface area contributed by atoms with Crippen molar-refractivity contribution in [1.29, 1.82) is 0 Å². The Kier molecular flexibility index (Phi) is 4.23. The van der Waals surface area contributed by atoms with E-state index >= 15 is 0 Å². The second-order valence-corrected chi connectivity index (χ2v) is 9.93. The lowest BCUT2D eigenvalue weighted by Crippen LogP contribution is -2.46. The van der Waals surface area contributed by atoms with Crippen LogP contribution in [0.1, 0.15) is 25.8 Å². The van der Waals surface area contributed by atoms with Crippen LogP contribution in [0.25, 0.3) is 0 Å². The van der Waals surface area contributed by atoms with E-state index in [-0.39, 0.29) is 22.1 Å². The van der Waals surface area contributed by atoms with Crippen molar-refractivity contribution < 1.29 is 13.2 Å². The highest BCUT2D eigenvalue weighted by molar-refractivity contribution is 8.00. The number of carbonyl (C=O) groups is 1. The lowest BCUT2D eigenvalue weighted by Gasteiger charge is -2.39. The minimum absolute atomic E-state index is 0.0301. The van der Waals surface area contributed by atoms with Crippen molar-refractivity contribution in [3.63, 3.8) is 0 Å². The van der Waals surface area contributed by atoms with E-state index in [2.05, 4.69) is 12.2 Å². The molecule has 0 aliphatic carbocycles. The fourth-order valence-corrected chi connectivity index (χ4v) is 6.52. The van der Waals surface area contributed by atoms with Gasteiger partial charge < -0.3 is 5.32 Å². The molecule has 1 amide bonds. The third kappa shape index (κ3) is 2.79. The van der Waals surface area contributed by atoms with Crippen molar-refractivity contribution in [1.82, 2.24) is 0 Å². The molecule has 2 atom stereocenters. The number of hydrogen-bond acceptors (Lipinski definition) is 4. The van der Waals surface area contributed by atoms with Gasteiger partial charge in [0.05, 0.1) is 16.6 Å². The smallest absolute Gasteiger partial charge is 0.264 e. The second kappa shape index (κ2) is 6.32. The molecule has 1 N–H and O–H groups in total. The van der Waals surface area contributed by atoms with Crippen molar-refractivity contribution in [2.45, 2.75) is 47.8 Å². The predicted octanol–water partition coefficient (Wildman–Crippen LogP) is 3.65. The van der Waals surface area contributed by atoms with Gasteiger partial charge in [0.1, 0.15) is 0 Å². The molecule has 0 bridgehead atoms. The first-order valence-corrected chi connectivity index (χ1v) is 10.9. The van der Waals surface area contributed by atoms with Crippen molar-refractivity contribution in [3.05, 3.63) is 48.0 Å². The van der Waals surface area contributed by atoms with Gasteiger partial charge in [0.25, 0.3) is 10.0 Å². The molecule has 26 heavy (non-hydrogen) atoms. The molecule has 2 aromatic carbocycles. The van der Waals surface area contributed by atoms with E-state index in [1.807, 2.05) is 31.2 Å². The number of benzene rings is 2. The fraction of sp³-hybridized carbons (Fsp3) is 0.316. The largest absolute Gasteiger partial charge is 0.326 e. The normalized spacial score (nSPS) is 22.4. The summed E-state index contributed by atoms with van der Waals surface area (Å²) in [6.45, 7) is 4.00. The summed E-state index contributed by atoms with van der Waals surface area (Å²) in [5.74, 6) is -0.0301. The van der Waals surface area contributed by atoms with Gasteiger partial charge in [0, 0.05) is 22.3 Å². The molecule has 0 saturated carbocycles. The molecule has 0 saturated heterocycles. The van der Waals surface area contributed by atoms with Crippen LogP contribution < -0.4 is 9.62 Å². The molecule has 0 aromatic heterocycles. The molecule has 7 heteroatoms. The first-order valence-electron chi connectivity index (χ1n) is 8.61. The molecular formula is C19H20N2O3S2. The zero-order valence-electron chi connectivity index (χ0n) is 14.6. The van der Waals surface area contributed by atoms with Gasteiger partial charge in [-0.05, 0) is 49.2 Å². The van der Waals surface area contributed by atoms with Gasteiger partial charge >= 0.3 is 0 Å². The van der Waals surface area contributed by atoms with Crippen molar-refractivity contribution in [2.24, 2.45) is 0 Å². The zero-order valence-corrected chi connectivity index (χ0v) is 16.2. The van der Waals surface area contributed by atoms with Crippen molar-refractivity contribution in [3.8, 4) is 0 Å². The van der Waals surface area contributed by atoms with E-state index in [4.69, 9.17) is 0 Å². The minimum atomic E-state index is -3.70. The Morgan fingerprint density at radius 1 is 1.12 bits per heavy atom. The van der Waals surface area contributed by atoms with E-state index in [0.717, 1.165) is 16.1 Å².